The summed E-state index contributed by atoms with van der Waals surface area (Å²) < 4.78 is 80.8. The molecule has 0 saturated heterocycles. The summed E-state index contributed by atoms with van der Waals surface area (Å²) in [5.74, 6) is -0.0752. The number of carbonyl (C=O) groups is 1. The molecule has 0 aliphatic rings. The number of hydrogen-bond acceptors (Lipinski definition) is 6. The molecule has 226 valence electrons. The van der Waals surface area contributed by atoms with E-state index in [2.05, 4.69) is 11.6 Å². The number of esters is 1. The molecule has 0 N–H and O–H groups in total. The molecular weight excluding hydrogens is 569 g/mol. The van der Waals surface area contributed by atoms with E-state index in [0.29, 0.717) is 24.2 Å². The molecule has 0 fully saturated rings. The van der Waals surface area contributed by atoms with Gasteiger partial charge in [-0.3, -0.25) is 0 Å². The van der Waals surface area contributed by atoms with Gasteiger partial charge in [0.2, 0.25) is 11.6 Å². The van der Waals surface area contributed by atoms with E-state index in [1.54, 1.807) is 19.1 Å². The SMILES string of the molecule is C=C(C)C(=O)OCCCCCCCCCCCOc1ccc2cc(-c3ccc(S(F)(F)(F)(F)F)cc3)c(=O)oc2n1. The number of nitrogens with zero attached hydrogens (tertiary/aromatic N) is 1. The first kappa shape index (κ1) is 32.1. The maximum atomic E-state index is 13.0. The van der Waals surface area contributed by atoms with Crippen molar-refractivity contribution in [2.75, 3.05) is 13.2 Å². The molecule has 2 heterocycles. The first-order valence-corrected chi connectivity index (χ1v) is 15.3. The van der Waals surface area contributed by atoms with Crippen molar-refractivity contribution in [1.29, 1.82) is 0 Å². The Labute approximate surface area is 235 Å². The van der Waals surface area contributed by atoms with Crippen LogP contribution in [-0.4, -0.2) is 24.2 Å². The Bertz CT molecular complexity index is 1420. The molecule has 0 unspecified atom stereocenters. The Morgan fingerprint density at radius 1 is 0.854 bits per heavy atom. The standard InChI is InChI=1S/C29H34F5NO5S/c1-21(2)28(36)39-19-11-9-7-5-3-4-6-8-10-18-38-26-17-14-23-20-25(29(37)40-27(23)35-26)22-12-15-24(16-13-22)41(30,31,32,33)34/h12-17,20H,1,3-11,18-19H2,2H3. The molecule has 41 heavy (non-hydrogen) atoms. The van der Waals surface area contributed by atoms with Crippen LogP contribution in [0, 0.1) is 0 Å². The molecule has 6 nitrogen and oxygen atoms in total. The molecule has 0 atom stereocenters. The van der Waals surface area contributed by atoms with Crippen molar-refractivity contribution in [3.63, 3.8) is 0 Å². The number of aromatic nitrogens is 1. The summed E-state index contributed by atoms with van der Waals surface area (Å²) in [6.45, 7) is 6.03. The molecular formula is C29H34F5NO5S. The van der Waals surface area contributed by atoms with Gasteiger partial charge in [-0.2, -0.15) is 4.98 Å². The number of hydrogen-bond donors (Lipinski definition) is 0. The number of carbonyl (C=O) groups excluding carboxylic acids is 1. The molecule has 0 amide bonds. The minimum absolute atomic E-state index is 0.00568. The summed E-state index contributed by atoms with van der Waals surface area (Å²) >= 11 is 0. The minimum Gasteiger partial charge on any atom is -0.478 e. The van der Waals surface area contributed by atoms with E-state index in [0.717, 1.165) is 69.9 Å². The smallest absolute Gasteiger partial charge is 0.345 e. The monoisotopic (exact) mass is 603 g/mol. The molecule has 3 rings (SSSR count). The zero-order valence-electron chi connectivity index (χ0n) is 22.8. The van der Waals surface area contributed by atoms with Gasteiger partial charge in [-0.15, -0.1) is 0 Å². The molecule has 12 heteroatoms. The average molecular weight is 604 g/mol. The van der Waals surface area contributed by atoms with E-state index in [9.17, 15) is 29.0 Å². The summed E-state index contributed by atoms with van der Waals surface area (Å²) in [5.41, 5.74) is -0.531. The maximum Gasteiger partial charge on any atom is 0.345 e. The van der Waals surface area contributed by atoms with Crippen molar-refractivity contribution in [2.24, 2.45) is 0 Å². The van der Waals surface area contributed by atoms with E-state index in [4.69, 9.17) is 13.9 Å². The molecule has 0 aliphatic heterocycles. The molecule has 0 saturated carbocycles. The fraction of sp³-hybridized carbons (Fsp3) is 0.414. The predicted octanol–water partition coefficient (Wildman–Crippen LogP) is 9.52. The molecule has 2 aromatic heterocycles. The lowest BCUT2D eigenvalue weighted by Crippen LogP contribution is -2.07. The van der Waals surface area contributed by atoms with Gasteiger partial charge in [0.1, 0.15) is 4.90 Å². The summed E-state index contributed by atoms with van der Waals surface area (Å²) in [7, 11) is -9.81. The second-order valence-corrected chi connectivity index (χ2v) is 12.3. The third-order valence-electron chi connectivity index (χ3n) is 6.30. The highest BCUT2D eigenvalue weighted by Crippen LogP contribution is 3.02. The van der Waals surface area contributed by atoms with Crippen molar-refractivity contribution >= 4 is 27.3 Å². The summed E-state index contributed by atoms with van der Waals surface area (Å²) in [6, 6.07) is 6.69. The third-order valence-corrected chi connectivity index (χ3v) is 7.47. The molecule has 0 spiro atoms. The fourth-order valence-corrected chi connectivity index (χ4v) is 4.71. The Balaban J connectivity index is 1.38. The van der Waals surface area contributed by atoms with Crippen LogP contribution in [0.5, 0.6) is 5.88 Å². The van der Waals surface area contributed by atoms with Crippen molar-refractivity contribution in [3.05, 3.63) is 65.0 Å². The van der Waals surface area contributed by atoms with Crippen molar-refractivity contribution in [3.8, 4) is 17.0 Å². The zero-order chi connectivity index (χ0) is 30.2. The first-order valence-electron chi connectivity index (χ1n) is 13.4. The van der Waals surface area contributed by atoms with Crippen molar-refractivity contribution < 1.29 is 38.1 Å². The largest absolute Gasteiger partial charge is 0.478 e. The van der Waals surface area contributed by atoms with Gasteiger partial charge in [0.15, 0.2) is 0 Å². The highest BCUT2D eigenvalue weighted by atomic mass is 32.5. The van der Waals surface area contributed by atoms with Crippen LogP contribution < -0.4 is 10.4 Å². The van der Waals surface area contributed by atoms with Crippen LogP contribution in [0.1, 0.15) is 64.7 Å². The van der Waals surface area contributed by atoms with E-state index in [-0.39, 0.29) is 40.8 Å². The number of ether oxygens (including phenoxy) is 2. The summed E-state index contributed by atoms with van der Waals surface area (Å²) in [4.78, 5) is 25.9. The average Bonchev–Trinajstić information content (AvgIpc) is 2.89. The molecule has 1 aromatic carbocycles. The zero-order valence-corrected chi connectivity index (χ0v) is 23.6. The van der Waals surface area contributed by atoms with Gasteiger partial charge < -0.3 is 13.9 Å². The van der Waals surface area contributed by atoms with Crippen LogP contribution in [-0.2, 0) is 9.53 Å². The quantitative estimate of drug-likeness (QED) is 0.0702. The van der Waals surface area contributed by atoms with Crippen LogP contribution in [0.2, 0.25) is 0 Å². The van der Waals surface area contributed by atoms with Gasteiger partial charge >= 0.3 is 21.8 Å². The van der Waals surface area contributed by atoms with Crippen LogP contribution in [0.15, 0.2) is 68.7 Å². The van der Waals surface area contributed by atoms with Crippen molar-refractivity contribution in [2.45, 2.75) is 69.6 Å². The molecule has 0 aliphatic carbocycles. The van der Waals surface area contributed by atoms with Gasteiger partial charge in [0, 0.05) is 17.0 Å². The Kier molecular flexibility index (Phi) is 9.89. The predicted molar refractivity (Wildman–Crippen MR) is 150 cm³/mol. The second-order valence-electron chi connectivity index (χ2n) is 9.93. The lowest BCUT2D eigenvalue weighted by atomic mass is 10.1. The van der Waals surface area contributed by atoms with Crippen molar-refractivity contribution in [1.82, 2.24) is 4.98 Å². The number of rotatable bonds is 16. The minimum atomic E-state index is -9.81. The summed E-state index contributed by atoms with van der Waals surface area (Å²) in [6.07, 6.45) is 9.26. The number of benzene rings is 1. The van der Waals surface area contributed by atoms with Gasteiger partial charge in [-0.05, 0) is 49.6 Å². The fourth-order valence-electron chi connectivity index (χ4n) is 4.06. The number of halogens is 5. The van der Waals surface area contributed by atoms with E-state index < -0.39 is 20.7 Å². The molecule has 0 bridgehead atoms. The van der Waals surface area contributed by atoms with Crippen LogP contribution in [0.25, 0.3) is 22.2 Å². The van der Waals surface area contributed by atoms with Gasteiger partial charge in [-0.25, -0.2) is 9.59 Å². The van der Waals surface area contributed by atoms with Gasteiger partial charge in [0.05, 0.1) is 18.8 Å². The van der Waals surface area contributed by atoms with Gasteiger partial charge in [-0.1, -0.05) is 83.1 Å². The first-order chi connectivity index (χ1) is 19.1. The number of fused-ring (bicyclic) bond motifs is 1. The lowest BCUT2D eigenvalue weighted by Gasteiger charge is -2.40. The van der Waals surface area contributed by atoms with Gasteiger partial charge in [0.25, 0.3) is 0 Å². The molecule has 3 aromatic rings. The maximum absolute atomic E-state index is 13.0. The van der Waals surface area contributed by atoms with Crippen LogP contribution >= 0.6 is 10.2 Å². The highest BCUT2D eigenvalue weighted by molar-refractivity contribution is 8.45. The second kappa shape index (κ2) is 12.6. The van der Waals surface area contributed by atoms with Crippen LogP contribution in [0.3, 0.4) is 0 Å². The van der Waals surface area contributed by atoms with E-state index in [1.807, 2.05) is 0 Å². The topological polar surface area (TPSA) is 78.6 Å². The van der Waals surface area contributed by atoms with E-state index in [1.165, 1.54) is 6.07 Å². The Morgan fingerprint density at radius 2 is 1.41 bits per heavy atom. The van der Waals surface area contributed by atoms with Crippen LogP contribution in [0.4, 0.5) is 19.4 Å². The highest BCUT2D eigenvalue weighted by Gasteiger charge is 2.65. The third kappa shape index (κ3) is 10.2. The number of pyridine rings is 1. The Morgan fingerprint density at radius 3 is 1.98 bits per heavy atom. The molecule has 0 radical (unpaired) electrons. The van der Waals surface area contributed by atoms with E-state index >= 15 is 0 Å². The number of unbranched alkanes of at least 4 members (excludes halogenated alkanes) is 8. The normalized spacial score (nSPS) is 13.4. The summed E-state index contributed by atoms with van der Waals surface area (Å²) in [5, 5.41) is 0.400. The lowest BCUT2D eigenvalue weighted by molar-refractivity contribution is -0.139. The Hall–Kier alpha value is -3.41.